The SMILES string of the molecule is N=C(N)c1cc(S(=O)(=O)c2cc(F)cc(F)c2)cnc1N. The molecule has 0 saturated heterocycles. The van der Waals surface area contributed by atoms with E-state index >= 15 is 0 Å². The lowest BCUT2D eigenvalue weighted by atomic mass is 10.2. The minimum absolute atomic E-state index is 0.0760. The lowest BCUT2D eigenvalue weighted by Crippen LogP contribution is -2.16. The molecule has 9 heteroatoms. The fraction of sp³-hybridized carbons (Fsp3) is 0. The van der Waals surface area contributed by atoms with Gasteiger partial charge >= 0.3 is 0 Å². The summed E-state index contributed by atoms with van der Waals surface area (Å²) in [6, 6.07) is 2.95. The zero-order valence-corrected chi connectivity index (χ0v) is 11.3. The van der Waals surface area contributed by atoms with Gasteiger partial charge in [0.2, 0.25) is 9.84 Å². The summed E-state index contributed by atoms with van der Waals surface area (Å²) in [7, 11) is -4.21. The largest absolute Gasteiger partial charge is 0.384 e. The predicted octanol–water partition coefficient (Wildman–Crippen LogP) is 1.06. The van der Waals surface area contributed by atoms with E-state index in [1.165, 1.54) is 0 Å². The van der Waals surface area contributed by atoms with Gasteiger partial charge in [-0.25, -0.2) is 22.2 Å². The molecule has 2 aromatic rings. The van der Waals surface area contributed by atoms with E-state index in [0.717, 1.165) is 12.3 Å². The number of amidine groups is 1. The van der Waals surface area contributed by atoms with Crippen LogP contribution in [0, 0.1) is 17.0 Å². The number of hydrogen-bond donors (Lipinski definition) is 3. The maximum atomic E-state index is 13.2. The summed E-state index contributed by atoms with van der Waals surface area (Å²) >= 11 is 0. The Hall–Kier alpha value is -2.55. The number of halogens is 2. The van der Waals surface area contributed by atoms with Gasteiger partial charge in [0.1, 0.15) is 23.3 Å². The van der Waals surface area contributed by atoms with Crippen molar-refractivity contribution >= 4 is 21.5 Å². The van der Waals surface area contributed by atoms with Gasteiger partial charge in [0.15, 0.2) is 0 Å². The fourth-order valence-electron chi connectivity index (χ4n) is 1.64. The molecule has 5 N–H and O–H groups in total. The quantitative estimate of drug-likeness (QED) is 0.577. The Morgan fingerprint density at radius 2 is 1.67 bits per heavy atom. The molecule has 110 valence electrons. The van der Waals surface area contributed by atoms with E-state index in [9.17, 15) is 17.2 Å². The molecule has 0 bridgehead atoms. The van der Waals surface area contributed by atoms with Crippen molar-refractivity contribution in [2.24, 2.45) is 5.73 Å². The third-order valence-electron chi connectivity index (χ3n) is 2.64. The molecule has 0 fully saturated rings. The van der Waals surface area contributed by atoms with Crippen molar-refractivity contribution in [1.29, 1.82) is 5.41 Å². The summed E-state index contributed by atoms with van der Waals surface area (Å²) in [5.74, 6) is -2.64. The number of nitrogens with two attached hydrogens (primary N) is 2. The second kappa shape index (κ2) is 5.09. The first-order valence-electron chi connectivity index (χ1n) is 5.53. The average Bonchev–Trinajstić information content (AvgIpc) is 2.37. The molecule has 0 radical (unpaired) electrons. The molecule has 1 aromatic heterocycles. The lowest BCUT2D eigenvalue weighted by Gasteiger charge is -2.08. The second-order valence-corrected chi connectivity index (χ2v) is 6.08. The van der Waals surface area contributed by atoms with E-state index in [1.54, 1.807) is 0 Å². The standard InChI is InChI=1S/C12H10F2N4O2S/c13-6-1-7(14)3-8(2-6)21(19,20)9-4-10(11(15)16)12(17)18-5-9/h1-5H,(H3,15,16)(H2,17,18). The van der Waals surface area contributed by atoms with Crippen molar-refractivity contribution in [3.05, 3.63) is 47.7 Å². The van der Waals surface area contributed by atoms with Gasteiger partial charge < -0.3 is 11.5 Å². The zero-order valence-electron chi connectivity index (χ0n) is 10.5. The first-order chi connectivity index (χ1) is 9.71. The van der Waals surface area contributed by atoms with Gasteiger partial charge in [-0.1, -0.05) is 0 Å². The van der Waals surface area contributed by atoms with Gasteiger partial charge in [0, 0.05) is 12.3 Å². The first kappa shape index (κ1) is 14.9. The predicted molar refractivity (Wildman–Crippen MR) is 71.5 cm³/mol. The number of nitrogens with one attached hydrogen (secondary N) is 1. The number of sulfone groups is 1. The third-order valence-corrected chi connectivity index (χ3v) is 4.34. The molecule has 0 spiro atoms. The van der Waals surface area contributed by atoms with Gasteiger partial charge in [-0.3, -0.25) is 5.41 Å². The van der Waals surface area contributed by atoms with Crippen LogP contribution in [0.4, 0.5) is 14.6 Å². The lowest BCUT2D eigenvalue weighted by molar-refractivity contribution is 0.567. The van der Waals surface area contributed by atoms with Crippen LogP contribution < -0.4 is 11.5 Å². The van der Waals surface area contributed by atoms with Crippen molar-refractivity contribution in [3.63, 3.8) is 0 Å². The summed E-state index contributed by atoms with van der Waals surface area (Å²) < 4.78 is 50.9. The van der Waals surface area contributed by atoms with Crippen LogP contribution in [0.25, 0.3) is 0 Å². The number of nitrogens with zero attached hydrogens (tertiary/aromatic N) is 1. The molecule has 21 heavy (non-hydrogen) atoms. The van der Waals surface area contributed by atoms with Crippen LogP contribution in [0.15, 0.2) is 40.3 Å². The molecule has 1 aromatic carbocycles. The first-order valence-corrected chi connectivity index (χ1v) is 7.01. The molecule has 0 aliphatic heterocycles. The van der Waals surface area contributed by atoms with Crippen molar-refractivity contribution in [1.82, 2.24) is 4.98 Å². The van der Waals surface area contributed by atoms with Crippen LogP contribution in [-0.2, 0) is 9.84 Å². The van der Waals surface area contributed by atoms with Gasteiger partial charge in [-0.05, 0) is 18.2 Å². The molecular weight excluding hydrogens is 302 g/mol. The Morgan fingerprint density at radius 1 is 1.10 bits per heavy atom. The maximum Gasteiger partial charge on any atom is 0.208 e. The molecular formula is C12H10F2N4O2S. The minimum Gasteiger partial charge on any atom is -0.384 e. The van der Waals surface area contributed by atoms with E-state index < -0.39 is 32.2 Å². The van der Waals surface area contributed by atoms with Crippen LogP contribution >= 0.6 is 0 Å². The topological polar surface area (TPSA) is 123 Å². The van der Waals surface area contributed by atoms with Crippen molar-refractivity contribution in [2.75, 3.05) is 5.73 Å². The van der Waals surface area contributed by atoms with Gasteiger partial charge in [0.05, 0.1) is 15.4 Å². The number of nitrogen functional groups attached to an aromatic ring is 2. The number of benzene rings is 1. The number of anilines is 1. The van der Waals surface area contributed by atoms with Crippen LogP contribution in [0.1, 0.15) is 5.56 Å². The number of aromatic nitrogens is 1. The van der Waals surface area contributed by atoms with E-state index in [0.29, 0.717) is 18.2 Å². The maximum absolute atomic E-state index is 13.2. The van der Waals surface area contributed by atoms with E-state index in [4.69, 9.17) is 16.9 Å². The Morgan fingerprint density at radius 3 is 2.19 bits per heavy atom. The number of rotatable bonds is 3. The summed E-state index contributed by atoms with van der Waals surface area (Å²) in [4.78, 5) is 2.69. The minimum atomic E-state index is -4.21. The smallest absolute Gasteiger partial charge is 0.208 e. The summed E-state index contributed by atoms with van der Waals surface area (Å²) in [6.07, 6.45) is 0.930. The highest BCUT2D eigenvalue weighted by atomic mass is 32.2. The average molecular weight is 312 g/mol. The van der Waals surface area contributed by atoms with Crippen LogP contribution in [0.5, 0.6) is 0 Å². The third kappa shape index (κ3) is 2.82. The highest BCUT2D eigenvalue weighted by molar-refractivity contribution is 7.91. The highest BCUT2D eigenvalue weighted by Gasteiger charge is 2.21. The molecule has 0 saturated carbocycles. The van der Waals surface area contributed by atoms with E-state index in [1.807, 2.05) is 0 Å². The van der Waals surface area contributed by atoms with Crippen LogP contribution in [0.2, 0.25) is 0 Å². The summed E-state index contributed by atoms with van der Waals surface area (Å²) in [5.41, 5.74) is 10.7. The fourth-order valence-corrected chi connectivity index (χ4v) is 2.91. The van der Waals surface area contributed by atoms with Gasteiger partial charge in [-0.15, -0.1) is 0 Å². The molecule has 0 aliphatic rings. The van der Waals surface area contributed by atoms with Crippen molar-refractivity contribution < 1.29 is 17.2 Å². The summed E-state index contributed by atoms with van der Waals surface area (Å²) in [5, 5.41) is 7.29. The van der Waals surface area contributed by atoms with Crippen molar-refractivity contribution in [2.45, 2.75) is 9.79 Å². The molecule has 0 aliphatic carbocycles. The number of pyridine rings is 1. The van der Waals surface area contributed by atoms with E-state index in [-0.39, 0.29) is 16.3 Å². The molecule has 6 nitrogen and oxygen atoms in total. The zero-order chi connectivity index (χ0) is 15.8. The Kier molecular flexibility index (Phi) is 3.60. The molecule has 0 atom stereocenters. The Bertz CT molecular complexity index is 817. The molecule has 0 unspecified atom stereocenters. The second-order valence-electron chi connectivity index (χ2n) is 4.13. The van der Waals surface area contributed by atoms with Crippen molar-refractivity contribution in [3.8, 4) is 0 Å². The molecule has 0 amide bonds. The summed E-state index contributed by atoms with van der Waals surface area (Å²) in [6.45, 7) is 0. The normalized spacial score (nSPS) is 11.3. The van der Waals surface area contributed by atoms with E-state index in [2.05, 4.69) is 4.98 Å². The number of hydrogen-bond acceptors (Lipinski definition) is 5. The van der Waals surface area contributed by atoms with Crippen LogP contribution in [0.3, 0.4) is 0 Å². The monoisotopic (exact) mass is 312 g/mol. The highest BCUT2D eigenvalue weighted by Crippen LogP contribution is 2.24. The Balaban J connectivity index is 2.64. The van der Waals surface area contributed by atoms with Gasteiger partial charge in [-0.2, -0.15) is 0 Å². The van der Waals surface area contributed by atoms with Gasteiger partial charge in [0.25, 0.3) is 0 Å². The molecule has 1 heterocycles. The molecule has 2 rings (SSSR count). The van der Waals surface area contributed by atoms with Crippen LogP contribution in [-0.4, -0.2) is 19.2 Å². The Labute approximate surface area is 118 Å².